The molecule has 1 unspecified atom stereocenters. The molecule has 1 aliphatic rings. The lowest BCUT2D eigenvalue weighted by molar-refractivity contribution is -0.197. The van der Waals surface area contributed by atoms with Crippen LogP contribution in [0, 0.1) is 0 Å². The molecule has 1 fully saturated rings. The Morgan fingerprint density at radius 2 is 2.36 bits per heavy atom. The van der Waals surface area contributed by atoms with E-state index in [-0.39, 0.29) is 5.91 Å². The van der Waals surface area contributed by atoms with Gasteiger partial charge < -0.3 is 5.73 Å². The maximum atomic E-state index is 11.2. The van der Waals surface area contributed by atoms with Crippen molar-refractivity contribution < 1.29 is 9.63 Å². The number of hydrogen-bond donors (Lipinski definition) is 1. The number of hydrogen-bond acceptors (Lipinski definition) is 3. The van der Waals surface area contributed by atoms with Crippen molar-refractivity contribution in [3.05, 3.63) is 0 Å². The molecule has 0 aromatic heterocycles. The number of amides is 1. The molecule has 1 saturated heterocycles. The molecule has 1 amide bonds. The molecule has 0 radical (unpaired) electrons. The van der Waals surface area contributed by atoms with Crippen LogP contribution in [0.3, 0.4) is 0 Å². The highest BCUT2D eigenvalue weighted by atomic mass is 16.7. The van der Waals surface area contributed by atoms with Crippen molar-refractivity contribution in [2.75, 3.05) is 13.2 Å². The maximum absolute atomic E-state index is 11.2. The molecule has 0 saturated carbocycles. The van der Waals surface area contributed by atoms with Crippen LogP contribution in [0.2, 0.25) is 0 Å². The zero-order valence-corrected chi connectivity index (χ0v) is 6.75. The Kier molecular flexibility index (Phi) is 2.84. The number of carbonyl (C=O) groups is 1. The third kappa shape index (κ3) is 2.17. The third-order valence-electron chi connectivity index (χ3n) is 1.64. The summed E-state index contributed by atoms with van der Waals surface area (Å²) in [5.41, 5.74) is 5.40. The van der Waals surface area contributed by atoms with Crippen LogP contribution in [0.25, 0.3) is 0 Å². The molecule has 11 heavy (non-hydrogen) atoms. The van der Waals surface area contributed by atoms with Gasteiger partial charge in [0.05, 0.1) is 12.6 Å². The minimum absolute atomic E-state index is 0.121. The van der Waals surface area contributed by atoms with Crippen molar-refractivity contribution in [2.45, 2.75) is 25.8 Å². The number of hydroxylamine groups is 2. The molecule has 1 heterocycles. The molecule has 0 aromatic carbocycles. The van der Waals surface area contributed by atoms with Crippen LogP contribution in [0.5, 0.6) is 0 Å². The topological polar surface area (TPSA) is 55.6 Å². The highest BCUT2D eigenvalue weighted by molar-refractivity contribution is 5.80. The van der Waals surface area contributed by atoms with E-state index >= 15 is 0 Å². The molecular weight excluding hydrogens is 144 g/mol. The van der Waals surface area contributed by atoms with Crippen molar-refractivity contribution in [3.8, 4) is 0 Å². The maximum Gasteiger partial charge on any atom is 0.262 e. The summed E-state index contributed by atoms with van der Waals surface area (Å²) >= 11 is 0. The average Bonchev–Trinajstić information content (AvgIpc) is 2.05. The number of nitrogens with two attached hydrogens (primary N) is 1. The van der Waals surface area contributed by atoms with Gasteiger partial charge in [0, 0.05) is 6.54 Å². The second kappa shape index (κ2) is 3.69. The summed E-state index contributed by atoms with van der Waals surface area (Å²) in [4.78, 5) is 16.3. The fraction of sp³-hybridized carbons (Fsp3) is 0.857. The van der Waals surface area contributed by atoms with Gasteiger partial charge in [-0.25, -0.2) is 5.06 Å². The molecule has 64 valence electrons. The van der Waals surface area contributed by atoms with Gasteiger partial charge in [0.2, 0.25) is 0 Å². The Labute approximate surface area is 66.3 Å². The van der Waals surface area contributed by atoms with E-state index in [9.17, 15) is 4.79 Å². The van der Waals surface area contributed by atoms with Gasteiger partial charge in [-0.2, -0.15) is 0 Å². The van der Waals surface area contributed by atoms with Gasteiger partial charge in [0.1, 0.15) is 0 Å². The summed E-state index contributed by atoms with van der Waals surface area (Å²) in [6, 6.07) is -0.451. The summed E-state index contributed by atoms with van der Waals surface area (Å²) in [5.74, 6) is -0.121. The molecule has 4 heteroatoms. The van der Waals surface area contributed by atoms with E-state index in [0.717, 1.165) is 12.8 Å². The van der Waals surface area contributed by atoms with E-state index in [1.165, 1.54) is 5.06 Å². The van der Waals surface area contributed by atoms with Crippen LogP contribution in [0.1, 0.15) is 19.8 Å². The van der Waals surface area contributed by atoms with E-state index in [2.05, 4.69) is 0 Å². The Morgan fingerprint density at radius 1 is 1.64 bits per heavy atom. The van der Waals surface area contributed by atoms with Crippen molar-refractivity contribution in [1.82, 2.24) is 5.06 Å². The first-order chi connectivity index (χ1) is 5.22. The van der Waals surface area contributed by atoms with E-state index in [1.807, 2.05) is 0 Å². The minimum Gasteiger partial charge on any atom is -0.320 e. The van der Waals surface area contributed by atoms with Gasteiger partial charge in [-0.3, -0.25) is 9.63 Å². The van der Waals surface area contributed by atoms with Crippen molar-refractivity contribution in [1.29, 1.82) is 0 Å². The molecule has 2 N–H and O–H groups in total. The number of carbonyl (C=O) groups excluding carboxylic acids is 1. The Bertz CT molecular complexity index is 141. The van der Waals surface area contributed by atoms with Gasteiger partial charge in [-0.1, -0.05) is 0 Å². The first kappa shape index (κ1) is 8.49. The molecule has 1 rings (SSSR count). The van der Waals surface area contributed by atoms with E-state index in [4.69, 9.17) is 10.6 Å². The summed E-state index contributed by atoms with van der Waals surface area (Å²) in [7, 11) is 0. The smallest absolute Gasteiger partial charge is 0.262 e. The minimum atomic E-state index is -0.451. The summed E-state index contributed by atoms with van der Waals surface area (Å²) in [6.45, 7) is 2.99. The van der Waals surface area contributed by atoms with Crippen molar-refractivity contribution in [2.24, 2.45) is 5.73 Å². The summed E-state index contributed by atoms with van der Waals surface area (Å²) in [6.07, 6.45) is 2.04. The zero-order valence-electron chi connectivity index (χ0n) is 6.75. The first-order valence-corrected chi connectivity index (χ1v) is 3.91. The molecule has 0 bridgehead atoms. The Morgan fingerprint density at radius 3 is 2.82 bits per heavy atom. The lowest BCUT2D eigenvalue weighted by Gasteiger charge is -2.26. The van der Waals surface area contributed by atoms with E-state index < -0.39 is 6.04 Å². The van der Waals surface area contributed by atoms with Crippen LogP contribution >= 0.6 is 0 Å². The first-order valence-electron chi connectivity index (χ1n) is 3.91. The van der Waals surface area contributed by atoms with Gasteiger partial charge in [-0.05, 0) is 19.8 Å². The lowest BCUT2D eigenvalue weighted by Crippen LogP contribution is -2.44. The quantitative estimate of drug-likeness (QED) is 0.579. The van der Waals surface area contributed by atoms with E-state index in [0.29, 0.717) is 13.2 Å². The fourth-order valence-corrected chi connectivity index (χ4v) is 0.998. The molecule has 1 aliphatic heterocycles. The zero-order chi connectivity index (χ0) is 8.27. The fourth-order valence-electron chi connectivity index (χ4n) is 0.998. The second-order valence-corrected chi connectivity index (χ2v) is 2.77. The van der Waals surface area contributed by atoms with E-state index in [1.54, 1.807) is 6.92 Å². The number of rotatable bonds is 1. The molecule has 1 atom stereocenters. The Hall–Kier alpha value is -0.610. The van der Waals surface area contributed by atoms with Gasteiger partial charge >= 0.3 is 0 Å². The average molecular weight is 158 g/mol. The van der Waals surface area contributed by atoms with Crippen LogP contribution in [-0.4, -0.2) is 30.2 Å². The van der Waals surface area contributed by atoms with Crippen molar-refractivity contribution in [3.63, 3.8) is 0 Å². The molecule has 0 aliphatic carbocycles. The SMILES string of the molecule is CC(N)C(=O)N1CCCCO1. The highest BCUT2D eigenvalue weighted by Gasteiger charge is 2.20. The van der Waals surface area contributed by atoms with Crippen LogP contribution in [0.15, 0.2) is 0 Å². The summed E-state index contributed by atoms with van der Waals surface area (Å²) in [5, 5.41) is 1.37. The predicted molar refractivity (Wildman–Crippen MR) is 40.5 cm³/mol. The lowest BCUT2D eigenvalue weighted by atomic mass is 10.2. The Balaban J connectivity index is 2.39. The monoisotopic (exact) mass is 158 g/mol. The molecule has 0 spiro atoms. The predicted octanol–water partition coefficient (Wildman–Crippen LogP) is -0.112. The number of nitrogens with zero attached hydrogens (tertiary/aromatic N) is 1. The third-order valence-corrected chi connectivity index (χ3v) is 1.64. The molecular formula is C7H14N2O2. The summed E-state index contributed by atoms with van der Waals surface area (Å²) < 4.78 is 0. The van der Waals surface area contributed by atoms with Gasteiger partial charge in [0.15, 0.2) is 0 Å². The van der Waals surface area contributed by atoms with Crippen LogP contribution in [0.4, 0.5) is 0 Å². The second-order valence-electron chi connectivity index (χ2n) is 2.77. The van der Waals surface area contributed by atoms with Crippen LogP contribution in [-0.2, 0) is 9.63 Å². The largest absolute Gasteiger partial charge is 0.320 e. The van der Waals surface area contributed by atoms with Crippen LogP contribution < -0.4 is 5.73 Å². The molecule has 4 nitrogen and oxygen atoms in total. The normalized spacial score (nSPS) is 21.5. The molecule has 0 aromatic rings. The van der Waals surface area contributed by atoms with Gasteiger partial charge in [0.25, 0.3) is 5.91 Å². The standard InChI is InChI=1S/C7H14N2O2/c1-6(8)7(10)9-4-2-3-5-11-9/h6H,2-5,8H2,1H3. The highest BCUT2D eigenvalue weighted by Crippen LogP contribution is 2.06. The van der Waals surface area contributed by atoms with Gasteiger partial charge in [-0.15, -0.1) is 0 Å². The van der Waals surface area contributed by atoms with Crippen molar-refractivity contribution >= 4 is 5.91 Å².